The maximum atomic E-state index is 12.7. The van der Waals surface area contributed by atoms with Crippen molar-refractivity contribution < 1.29 is 9.72 Å². The van der Waals surface area contributed by atoms with Crippen molar-refractivity contribution in [1.29, 1.82) is 0 Å². The fraction of sp³-hybridized carbons (Fsp3) is 0.0667. The number of nitro groups is 1. The molecule has 1 amide bonds. The lowest BCUT2D eigenvalue weighted by Gasteiger charge is -2.09. The van der Waals surface area contributed by atoms with Gasteiger partial charge in [0.2, 0.25) is 5.16 Å². The summed E-state index contributed by atoms with van der Waals surface area (Å²) in [5.74, 6) is -0.506. The second-order valence-corrected chi connectivity index (χ2v) is 6.53. The van der Waals surface area contributed by atoms with E-state index in [-0.39, 0.29) is 11.3 Å². The van der Waals surface area contributed by atoms with Gasteiger partial charge in [-0.2, -0.15) is 0 Å². The number of carbonyl (C=O) groups excluding carboxylic acids is 1. The number of amides is 1. The molecular weight excluding hydrogens is 380 g/mol. The molecule has 0 spiro atoms. The minimum Gasteiger partial charge on any atom is -0.322 e. The van der Waals surface area contributed by atoms with Crippen molar-refractivity contribution in [1.82, 2.24) is 20.2 Å². The van der Waals surface area contributed by atoms with Gasteiger partial charge in [-0.1, -0.05) is 17.7 Å². The van der Waals surface area contributed by atoms with Gasteiger partial charge >= 0.3 is 0 Å². The molecular formula is C15H11ClN6O3S. The van der Waals surface area contributed by atoms with Gasteiger partial charge in [-0.05, 0) is 46.5 Å². The monoisotopic (exact) mass is 390 g/mol. The Morgan fingerprint density at radius 2 is 2.12 bits per heavy atom. The number of hydrogen-bond acceptors (Lipinski definition) is 7. The maximum absolute atomic E-state index is 12.7. The van der Waals surface area contributed by atoms with Crippen LogP contribution < -0.4 is 5.32 Å². The first-order chi connectivity index (χ1) is 12.4. The van der Waals surface area contributed by atoms with Crippen molar-refractivity contribution in [3.05, 3.63) is 63.2 Å². The molecule has 0 bridgehead atoms. The Labute approximate surface area is 156 Å². The third-order valence-corrected chi connectivity index (χ3v) is 4.62. The number of nitro benzene ring substituents is 1. The largest absolute Gasteiger partial charge is 0.322 e. The topological polar surface area (TPSA) is 116 Å². The maximum Gasteiger partial charge on any atom is 0.270 e. The number of benzene rings is 2. The predicted molar refractivity (Wildman–Crippen MR) is 95.4 cm³/mol. The van der Waals surface area contributed by atoms with Gasteiger partial charge in [0, 0.05) is 34.8 Å². The van der Waals surface area contributed by atoms with Gasteiger partial charge in [-0.25, -0.2) is 4.68 Å². The van der Waals surface area contributed by atoms with Crippen molar-refractivity contribution in [2.75, 3.05) is 5.32 Å². The molecule has 11 heteroatoms. The van der Waals surface area contributed by atoms with Crippen LogP contribution in [0.1, 0.15) is 10.4 Å². The molecule has 0 aliphatic carbocycles. The molecule has 2 aromatic carbocycles. The first-order valence-electron chi connectivity index (χ1n) is 7.19. The van der Waals surface area contributed by atoms with Gasteiger partial charge < -0.3 is 5.32 Å². The number of anilines is 1. The fourth-order valence-electron chi connectivity index (χ4n) is 2.07. The number of hydrogen-bond donors (Lipinski definition) is 1. The quantitative estimate of drug-likeness (QED) is 0.525. The second-order valence-electron chi connectivity index (χ2n) is 5.09. The highest BCUT2D eigenvalue weighted by molar-refractivity contribution is 7.99. The molecule has 26 heavy (non-hydrogen) atoms. The molecule has 0 aliphatic heterocycles. The summed E-state index contributed by atoms with van der Waals surface area (Å²) in [6.45, 7) is 0. The number of tetrazole rings is 1. The molecule has 3 rings (SSSR count). The van der Waals surface area contributed by atoms with Gasteiger partial charge in [0.1, 0.15) is 0 Å². The van der Waals surface area contributed by atoms with E-state index in [1.807, 2.05) is 0 Å². The van der Waals surface area contributed by atoms with Crippen molar-refractivity contribution in [2.45, 2.75) is 10.1 Å². The van der Waals surface area contributed by atoms with E-state index >= 15 is 0 Å². The molecule has 0 unspecified atom stereocenters. The number of non-ortho nitro benzene ring substituents is 1. The lowest BCUT2D eigenvalue weighted by molar-refractivity contribution is -0.384. The zero-order chi connectivity index (χ0) is 18.7. The zero-order valence-electron chi connectivity index (χ0n) is 13.3. The van der Waals surface area contributed by atoms with Crippen LogP contribution in [0.15, 0.2) is 52.5 Å². The average molecular weight is 391 g/mol. The lowest BCUT2D eigenvalue weighted by atomic mass is 10.2. The van der Waals surface area contributed by atoms with Crippen LogP contribution in [0.4, 0.5) is 11.4 Å². The standard InChI is InChI=1S/C15H11ClN6O3S/c1-21-15(18-19-20-21)26-13-6-5-11(22(24)25)8-12(13)14(23)17-10-4-2-3-9(16)7-10/h2-8H,1H3,(H,17,23). The smallest absolute Gasteiger partial charge is 0.270 e. The number of halogens is 1. The summed E-state index contributed by atoms with van der Waals surface area (Å²) in [5.41, 5.74) is 0.416. The van der Waals surface area contributed by atoms with Crippen LogP contribution in [0.2, 0.25) is 5.02 Å². The summed E-state index contributed by atoms with van der Waals surface area (Å²) in [6.07, 6.45) is 0. The highest BCUT2D eigenvalue weighted by atomic mass is 35.5. The van der Waals surface area contributed by atoms with E-state index in [4.69, 9.17) is 11.6 Å². The summed E-state index contributed by atoms with van der Waals surface area (Å²) in [6, 6.07) is 10.6. The van der Waals surface area contributed by atoms with E-state index in [1.165, 1.54) is 22.9 Å². The van der Waals surface area contributed by atoms with Gasteiger partial charge in [0.05, 0.1) is 10.5 Å². The molecule has 3 aromatic rings. The molecule has 1 heterocycles. The summed E-state index contributed by atoms with van der Waals surface area (Å²) in [5, 5.41) is 25.8. The van der Waals surface area contributed by atoms with Gasteiger partial charge in [-0.3, -0.25) is 14.9 Å². The number of nitrogens with zero attached hydrogens (tertiary/aromatic N) is 5. The average Bonchev–Trinajstić information content (AvgIpc) is 3.00. The summed E-state index contributed by atoms with van der Waals surface area (Å²) < 4.78 is 1.44. The molecule has 1 N–H and O–H groups in total. The van der Waals surface area contributed by atoms with Gasteiger partial charge in [0.25, 0.3) is 11.6 Å². The molecule has 1 aromatic heterocycles. The lowest BCUT2D eigenvalue weighted by Crippen LogP contribution is -2.13. The Morgan fingerprint density at radius 3 is 2.77 bits per heavy atom. The molecule has 132 valence electrons. The fourth-order valence-corrected chi connectivity index (χ4v) is 3.10. The van der Waals surface area contributed by atoms with Gasteiger partial charge in [0.15, 0.2) is 0 Å². The molecule has 0 saturated heterocycles. The van der Waals surface area contributed by atoms with E-state index in [2.05, 4.69) is 20.8 Å². The van der Waals surface area contributed by atoms with Crippen LogP contribution in [-0.4, -0.2) is 31.0 Å². The van der Waals surface area contributed by atoms with E-state index < -0.39 is 10.8 Å². The molecule has 9 nitrogen and oxygen atoms in total. The Kier molecular flexibility index (Phi) is 5.14. The van der Waals surface area contributed by atoms with Crippen molar-refractivity contribution in [3.63, 3.8) is 0 Å². The molecule has 0 radical (unpaired) electrons. The minimum atomic E-state index is -0.561. The van der Waals surface area contributed by atoms with Crippen LogP contribution in [0, 0.1) is 10.1 Å². The van der Waals surface area contributed by atoms with Crippen molar-refractivity contribution in [2.24, 2.45) is 7.05 Å². The number of aromatic nitrogens is 4. The number of carbonyl (C=O) groups is 1. The highest BCUT2D eigenvalue weighted by Gasteiger charge is 2.19. The minimum absolute atomic E-state index is 0.132. The Bertz CT molecular complexity index is 993. The van der Waals surface area contributed by atoms with E-state index in [0.717, 1.165) is 11.8 Å². The second kappa shape index (κ2) is 7.50. The molecule has 0 aliphatic rings. The Hall–Kier alpha value is -2.98. The zero-order valence-corrected chi connectivity index (χ0v) is 14.9. The molecule has 0 saturated carbocycles. The molecule has 0 fully saturated rings. The summed E-state index contributed by atoms with van der Waals surface area (Å²) in [4.78, 5) is 23.7. The van der Waals surface area contributed by atoms with E-state index in [0.29, 0.717) is 20.8 Å². The van der Waals surface area contributed by atoms with Crippen molar-refractivity contribution >= 4 is 40.6 Å². The normalized spacial score (nSPS) is 10.5. The third kappa shape index (κ3) is 3.98. The third-order valence-electron chi connectivity index (χ3n) is 3.28. The highest BCUT2D eigenvalue weighted by Crippen LogP contribution is 2.31. The first-order valence-corrected chi connectivity index (χ1v) is 8.39. The van der Waals surface area contributed by atoms with Crippen LogP contribution in [0.25, 0.3) is 0 Å². The molecule has 0 atom stereocenters. The van der Waals surface area contributed by atoms with E-state index in [9.17, 15) is 14.9 Å². The predicted octanol–water partition coefficient (Wildman–Crippen LogP) is 3.18. The Morgan fingerprint density at radius 1 is 1.31 bits per heavy atom. The number of nitrogens with one attached hydrogen (secondary N) is 1. The van der Waals surface area contributed by atoms with Crippen molar-refractivity contribution in [3.8, 4) is 0 Å². The van der Waals surface area contributed by atoms with Crippen LogP contribution in [0.5, 0.6) is 0 Å². The number of aryl methyl sites for hydroxylation is 1. The Balaban J connectivity index is 1.96. The number of rotatable bonds is 5. The van der Waals surface area contributed by atoms with Crippen LogP contribution >= 0.6 is 23.4 Å². The van der Waals surface area contributed by atoms with E-state index in [1.54, 1.807) is 31.3 Å². The van der Waals surface area contributed by atoms with Crippen LogP contribution in [0.3, 0.4) is 0 Å². The van der Waals surface area contributed by atoms with Gasteiger partial charge in [-0.15, -0.1) is 5.10 Å². The summed E-state index contributed by atoms with van der Waals surface area (Å²) >= 11 is 7.04. The summed E-state index contributed by atoms with van der Waals surface area (Å²) in [7, 11) is 1.65. The van der Waals surface area contributed by atoms with Crippen LogP contribution in [-0.2, 0) is 7.05 Å². The SMILES string of the molecule is Cn1nnnc1Sc1ccc([N+](=O)[O-])cc1C(=O)Nc1cccc(Cl)c1. The first kappa shape index (κ1) is 17.8.